The highest BCUT2D eigenvalue weighted by Gasteiger charge is 2.40. The Morgan fingerprint density at radius 2 is 1.39 bits per heavy atom. The number of carbonyl (C=O) groups is 3. The van der Waals surface area contributed by atoms with Crippen molar-refractivity contribution in [3.8, 4) is 27.7 Å². The number of hydrogen-bond acceptors (Lipinski definition) is 10. The van der Waals surface area contributed by atoms with E-state index in [1.165, 1.54) is 55.2 Å². The van der Waals surface area contributed by atoms with E-state index in [0.717, 1.165) is 95.4 Å². The largest absolute Gasteiger partial charge is 0.508 e. The van der Waals surface area contributed by atoms with Crippen molar-refractivity contribution in [1.82, 2.24) is 20.0 Å². The predicted octanol–water partition coefficient (Wildman–Crippen LogP) is 8.83. The van der Waals surface area contributed by atoms with Gasteiger partial charge >= 0.3 is 0 Å². The third-order valence-corrected chi connectivity index (χ3v) is 15.6. The standard InChI is InChI=1S/C51H55F3N6O5S/c1-51(53,54)43-27-35(52)6-13-41(43)48-47(42-15-10-38(61)28-45(42)66-48)65-39-11-7-36(8-12-39)58-22-18-56(19-23-58)29-32-4-2-3-5-33(32)30-57-20-24-59(25-21-57)37-9-14-40-34(26-37)31-60(50(40)64)44-16-17-46(62)55-49(44)63/h6-15,26-28,32-33,44,61H,2-5,16-25,29-31H2,1H3,(H,55,62,63)/t32-,33-,44?/m1/s1. The monoisotopic (exact) mass is 920 g/mol. The maximum absolute atomic E-state index is 14.8. The summed E-state index contributed by atoms with van der Waals surface area (Å²) >= 11 is 1.22. The zero-order chi connectivity index (χ0) is 45.7. The van der Waals surface area contributed by atoms with E-state index in [-0.39, 0.29) is 35.5 Å². The van der Waals surface area contributed by atoms with E-state index < -0.39 is 23.3 Å². The molecule has 1 aromatic heterocycles. The van der Waals surface area contributed by atoms with Gasteiger partial charge in [-0.2, -0.15) is 0 Å². The second-order valence-electron chi connectivity index (χ2n) is 18.7. The average Bonchev–Trinajstić information content (AvgIpc) is 3.82. The van der Waals surface area contributed by atoms with Crippen molar-refractivity contribution in [3.05, 3.63) is 101 Å². The fourth-order valence-electron chi connectivity index (χ4n) is 10.8. The first kappa shape index (κ1) is 44.2. The number of phenolic OH excluding ortho intramolecular Hbond substituents is 1. The molecule has 3 atom stereocenters. The lowest BCUT2D eigenvalue weighted by atomic mass is 9.78. The lowest BCUT2D eigenvalue weighted by Gasteiger charge is -2.43. The predicted molar refractivity (Wildman–Crippen MR) is 250 cm³/mol. The molecular weight excluding hydrogens is 866 g/mol. The van der Waals surface area contributed by atoms with Crippen LogP contribution in [-0.2, 0) is 22.1 Å². The van der Waals surface area contributed by atoms with Crippen LogP contribution in [0.1, 0.15) is 66.9 Å². The molecule has 0 radical (unpaired) electrons. The first-order valence-electron chi connectivity index (χ1n) is 23.3. The number of imide groups is 1. The summed E-state index contributed by atoms with van der Waals surface area (Å²) in [5.41, 5.74) is 3.54. The lowest BCUT2D eigenvalue weighted by molar-refractivity contribution is -0.136. The summed E-state index contributed by atoms with van der Waals surface area (Å²) in [6, 6.07) is 21.5. The van der Waals surface area contributed by atoms with E-state index >= 15 is 0 Å². The highest BCUT2D eigenvalue weighted by atomic mass is 32.1. The molecular formula is C51H55F3N6O5S. The third-order valence-electron chi connectivity index (χ3n) is 14.4. The number of alkyl halides is 2. The van der Waals surface area contributed by atoms with Crippen LogP contribution in [0, 0.1) is 17.7 Å². The smallest absolute Gasteiger partial charge is 0.271 e. The Labute approximate surface area is 386 Å². The molecule has 1 aliphatic carbocycles. The van der Waals surface area contributed by atoms with Gasteiger partial charge in [0.05, 0.1) is 4.88 Å². The molecule has 0 bridgehead atoms. The molecule has 3 saturated heterocycles. The second-order valence-corrected chi connectivity index (χ2v) is 19.8. The third kappa shape index (κ3) is 9.09. The number of ether oxygens (including phenoxy) is 1. The first-order chi connectivity index (χ1) is 31.8. The Morgan fingerprint density at radius 1 is 0.758 bits per heavy atom. The summed E-state index contributed by atoms with van der Waals surface area (Å²) in [4.78, 5) is 49.6. The van der Waals surface area contributed by atoms with Crippen molar-refractivity contribution in [2.75, 3.05) is 75.2 Å². The van der Waals surface area contributed by atoms with Gasteiger partial charge in [-0.1, -0.05) is 18.9 Å². The Bertz CT molecular complexity index is 2640. The van der Waals surface area contributed by atoms with Gasteiger partial charge in [0.15, 0.2) is 5.75 Å². The van der Waals surface area contributed by atoms with E-state index in [2.05, 4.69) is 31.0 Å². The molecule has 2 N–H and O–H groups in total. The number of benzene rings is 4. The van der Waals surface area contributed by atoms with Crippen LogP contribution in [0.5, 0.6) is 17.2 Å². The summed E-state index contributed by atoms with van der Waals surface area (Å²) < 4.78 is 50.9. The topological polar surface area (TPSA) is 109 Å². The zero-order valence-corrected chi connectivity index (χ0v) is 37.9. The highest BCUT2D eigenvalue weighted by Crippen LogP contribution is 2.50. The molecule has 0 spiro atoms. The molecule has 4 aliphatic heterocycles. The van der Waals surface area contributed by atoms with Crippen LogP contribution < -0.4 is 19.9 Å². The van der Waals surface area contributed by atoms with Crippen molar-refractivity contribution in [3.63, 3.8) is 0 Å². The maximum atomic E-state index is 14.8. The van der Waals surface area contributed by atoms with E-state index in [1.807, 2.05) is 36.4 Å². The summed E-state index contributed by atoms with van der Waals surface area (Å²) in [6.45, 7) is 11.0. The van der Waals surface area contributed by atoms with Gasteiger partial charge in [0.1, 0.15) is 23.4 Å². The molecule has 4 aromatic carbocycles. The molecule has 3 amide bonds. The summed E-state index contributed by atoms with van der Waals surface area (Å²) in [5.74, 6) is -2.53. The van der Waals surface area contributed by atoms with Crippen LogP contribution in [0.25, 0.3) is 20.5 Å². The summed E-state index contributed by atoms with van der Waals surface area (Å²) in [5, 5.41) is 13.3. The van der Waals surface area contributed by atoms with Crippen molar-refractivity contribution in [1.29, 1.82) is 0 Å². The molecule has 346 valence electrons. The average molecular weight is 921 g/mol. The number of nitrogens with one attached hydrogen (secondary N) is 1. The Morgan fingerprint density at radius 3 is 2.05 bits per heavy atom. The van der Waals surface area contributed by atoms with E-state index in [4.69, 9.17) is 4.74 Å². The number of thiophene rings is 1. The van der Waals surface area contributed by atoms with Gasteiger partial charge in [-0.25, -0.2) is 13.2 Å². The SMILES string of the molecule is CC(F)(F)c1cc(F)ccc1-c1sc2cc(O)ccc2c1Oc1ccc(N2CCN(C[C@H]3CCCC[C@@H]3CN3CCN(c4ccc5c(c4)CN(C4CCC(=O)NC4=O)C5=O)CC3)CC2)cc1. The van der Waals surface area contributed by atoms with Gasteiger partial charge < -0.3 is 24.5 Å². The highest BCUT2D eigenvalue weighted by molar-refractivity contribution is 7.22. The normalized spacial score (nSPS) is 22.3. The minimum Gasteiger partial charge on any atom is -0.508 e. The Balaban J connectivity index is 0.723. The fraction of sp³-hybridized carbons (Fsp3) is 0.431. The number of phenols is 1. The number of piperazine rings is 2. The van der Waals surface area contributed by atoms with Crippen LogP contribution in [-0.4, -0.2) is 109 Å². The van der Waals surface area contributed by atoms with Crippen LogP contribution in [0.3, 0.4) is 0 Å². The van der Waals surface area contributed by atoms with Gasteiger partial charge in [-0.05, 0) is 109 Å². The van der Waals surface area contributed by atoms with Crippen molar-refractivity contribution >= 4 is 50.5 Å². The van der Waals surface area contributed by atoms with E-state index in [0.29, 0.717) is 56.8 Å². The minimum absolute atomic E-state index is 0.0507. The molecule has 5 aliphatic rings. The number of aromatic hydroxyl groups is 1. The van der Waals surface area contributed by atoms with Gasteiger partial charge in [-0.3, -0.25) is 29.5 Å². The second kappa shape index (κ2) is 18.2. The molecule has 11 nitrogen and oxygen atoms in total. The number of carbonyl (C=O) groups excluding carboxylic acids is 3. The van der Waals surface area contributed by atoms with Gasteiger partial charge in [0.2, 0.25) is 11.8 Å². The number of halogens is 3. The molecule has 1 unspecified atom stereocenters. The number of rotatable bonds is 11. The number of fused-ring (bicyclic) bond motifs is 2. The van der Waals surface area contributed by atoms with Crippen molar-refractivity contribution in [2.24, 2.45) is 11.8 Å². The Hall–Kier alpha value is -5.64. The van der Waals surface area contributed by atoms with Crippen LogP contribution in [0.15, 0.2) is 78.9 Å². The number of amides is 3. The van der Waals surface area contributed by atoms with E-state index in [9.17, 15) is 32.7 Å². The van der Waals surface area contributed by atoms with Crippen LogP contribution in [0.4, 0.5) is 24.5 Å². The zero-order valence-electron chi connectivity index (χ0n) is 37.1. The lowest BCUT2D eigenvalue weighted by Crippen LogP contribution is -2.52. The number of anilines is 2. The van der Waals surface area contributed by atoms with Crippen molar-refractivity contribution in [2.45, 2.75) is 64.0 Å². The van der Waals surface area contributed by atoms with Crippen LogP contribution in [0.2, 0.25) is 0 Å². The first-order valence-corrected chi connectivity index (χ1v) is 24.1. The number of nitrogens with zero attached hydrogens (tertiary/aromatic N) is 5. The quantitative estimate of drug-likeness (QED) is 0.126. The maximum Gasteiger partial charge on any atom is 0.271 e. The van der Waals surface area contributed by atoms with Gasteiger partial charge in [0, 0.05) is 123 Å². The number of hydrogen-bond donors (Lipinski definition) is 2. The fourth-order valence-corrected chi connectivity index (χ4v) is 12.0. The Kier molecular flexibility index (Phi) is 12.2. The molecule has 10 rings (SSSR count). The summed E-state index contributed by atoms with van der Waals surface area (Å²) in [7, 11) is 0. The number of piperidine rings is 1. The molecule has 15 heteroatoms. The molecule has 4 fully saturated rings. The minimum atomic E-state index is -3.29. The van der Waals surface area contributed by atoms with E-state index in [1.54, 1.807) is 17.0 Å². The van der Waals surface area contributed by atoms with Gasteiger partial charge in [0.25, 0.3) is 11.8 Å². The summed E-state index contributed by atoms with van der Waals surface area (Å²) in [6.07, 6.45) is 5.71. The molecule has 66 heavy (non-hydrogen) atoms. The molecule has 1 saturated carbocycles. The molecule has 5 aromatic rings. The van der Waals surface area contributed by atoms with Crippen molar-refractivity contribution < 1.29 is 37.4 Å². The van der Waals surface area contributed by atoms with Crippen LogP contribution >= 0.6 is 11.3 Å². The van der Waals surface area contributed by atoms with Gasteiger partial charge in [-0.15, -0.1) is 11.3 Å². The molecule has 5 heterocycles.